The molecule has 5 heterocycles. The molecular weight excluding hydrogens is 1190 g/mol. The van der Waals surface area contributed by atoms with Crippen LogP contribution in [0, 0.1) is 0 Å². The van der Waals surface area contributed by atoms with Gasteiger partial charge in [-0.2, -0.15) is 0 Å². The highest BCUT2D eigenvalue weighted by atomic mass is 15.3. The van der Waals surface area contributed by atoms with Crippen molar-refractivity contribution in [2.75, 3.05) is 16.8 Å². The van der Waals surface area contributed by atoms with Crippen molar-refractivity contribution in [2.24, 2.45) is 4.99 Å². The van der Waals surface area contributed by atoms with Gasteiger partial charge in [-0.3, -0.25) is 10.3 Å². The van der Waals surface area contributed by atoms with Gasteiger partial charge in [0.15, 0.2) is 0 Å². The van der Waals surface area contributed by atoms with Crippen LogP contribution in [0.25, 0.3) is 116 Å². The van der Waals surface area contributed by atoms with E-state index >= 15 is 0 Å². The van der Waals surface area contributed by atoms with Crippen molar-refractivity contribution in [3.8, 4) is 55.9 Å². The number of anilines is 4. The average Bonchev–Trinajstić information content (AvgIpc) is 1.57. The van der Waals surface area contributed by atoms with Gasteiger partial charge in [0.1, 0.15) is 18.2 Å². The molecule has 8 heteroatoms. The molecule has 2 unspecified atom stereocenters. The van der Waals surface area contributed by atoms with Crippen LogP contribution in [0.1, 0.15) is 59.6 Å². The van der Waals surface area contributed by atoms with Crippen molar-refractivity contribution in [3.63, 3.8) is 0 Å². The lowest BCUT2D eigenvalue weighted by Gasteiger charge is -2.34. The minimum atomic E-state index is -0.409. The number of hydrogen-bond donors (Lipinski definition) is 3. The first kappa shape index (κ1) is 57.1. The number of hydrogen-bond acceptors (Lipinski definition) is 6. The summed E-state index contributed by atoms with van der Waals surface area (Å²) in [4.78, 5) is 12.7. The van der Waals surface area contributed by atoms with Gasteiger partial charge in [0, 0.05) is 90.3 Å². The van der Waals surface area contributed by atoms with E-state index in [9.17, 15) is 0 Å². The quantitative estimate of drug-likeness (QED) is 0.120. The maximum absolute atomic E-state index is 5.57. The molecule has 0 radical (unpaired) electrons. The van der Waals surface area contributed by atoms with Crippen molar-refractivity contribution in [1.29, 1.82) is 0 Å². The molecule has 466 valence electrons. The van der Waals surface area contributed by atoms with Crippen LogP contribution in [0.5, 0.6) is 0 Å². The van der Waals surface area contributed by atoms with Crippen LogP contribution >= 0.6 is 0 Å². The molecule has 0 fully saturated rings. The molecule has 13 aromatic carbocycles. The summed E-state index contributed by atoms with van der Waals surface area (Å²) in [6, 6.07) is 111. The Kier molecular flexibility index (Phi) is 13.4. The Hall–Kier alpha value is -12.4. The van der Waals surface area contributed by atoms with Gasteiger partial charge < -0.3 is 24.7 Å². The highest BCUT2D eigenvalue weighted by Crippen LogP contribution is 2.51. The molecule has 0 amide bonds. The fourth-order valence-electron chi connectivity index (χ4n) is 15.9. The number of fused-ring (bicyclic) bond motifs is 11. The topological polar surface area (TPSA) is 74.4 Å². The minimum absolute atomic E-state index is 0.153. The van der Waals surface area contributed by atoms with Gasteiger partial charge in [-0.1, -0.05) is 208 Å². The third kappa shape index (κ3) is 9.47. The van der Waals surface area contributed by atoms with E-state index in [1.807, 2.05) is 12.3 Å². The van der Waals surface area contributed by atoms with Crippen LogP contribution in [0.3, 0.4) is 0 Å². The van der Waals surface area contributed by atoms with E-state index < -0.39 is 6.17 Å². The predicted octanol–water partition coefficient (Wildman–Crippen LogP) is 22.0. The number of nitrogens with zero attached hydrogens (tertiary/aromatic N) is 5. The second-order valence-corrected chi connectivity index (χ2v) is 26.6. The summed E-state index contributed by atoms with van der Waals surface area (Å²) in [6.45, 7) is 5.51. The largest absolute Gasteiger partial charge is 0.381 e. The summed E-state index contributed by atoms with van der Waals surface area (Å²) in [5.41, 5.74) is 28.6. The van der Waals surface area contributed by atoms with Gasteiger partial charge in [-0.15, -0.1) is 0 Å². The SMILES string of the molecule is CC1(C)c2ccccc2-c2ccc(N(c3ccc(-c4ccccc4)cc3)c3ccc(-c4ccc5c(c4)c4cc(-c6ccc7c(c6)c6ccccc6n7-c6ccccc6)ccc4n5-c4cccc(C5N=C(c6cccc7ncccc67)NC(c6cccc7c6C=CCN7)N5)c4)cc3)cc21. The van der Waals surface area contributed by atoms with Gasteiger partial charge in [0.05, 0.1) is 27.6 Å². The van der Waals surface area contributed by atoms with E-state index in [1.54, 1.807) is 0 Å². The molecule has 98 heavy (non-hydrogen) atoms. The molecule has 0 spiro atoms. The summed E-state index contributed by atoms with van der Waals surface area (Å²) < 4.78 is 4.83. The van der Waals surface area contributed by atoms with E-state index in [-0.39, 0.29) is 11.6 Å². The Morgan fingerprint density at radius 3 is 1.73 bits per heavy atom. The van der Waals surface area contributed by atoms with Crippen molar-refractivity contribution in [3.05, 3.63) is 349 Å². The van der Waals surface area contributed by atoms with Crippen LogP contribution in [-0.4, -0.2) is 26.5 Å². The maximum Gasteiger partial charge on any atom is 0.132 e. The molecule has 19 rings (SSSR count). The lowest BCUT2D eigenvalue weighted by Crippen LogP contribution is -2.45. The molecule has 3 aromatic heterocycles. The first-order chi connectivity index (χ1) is 48.3. The molecule has 8 nitrogen and oxygen atoms in total. The van der Waals surface area contributed by atoms with Crippen LogP contribution in [-0.2, 0) is 5.41 Å². The number of pyridine rings is 1. The van der Waals surface area contributed by atoms with Gasteiger partial charge in [0.25, 0.3) is 0 Å². The standard InChI is InChI=1S/C90H66N8/c1-90(2)79-30-11-9-24-69(79)70-46-45-68(56-80(70)90)96(65-41-34-58(35-42-65)57-18-5-3-6-19-57)66-43-36-59(37-44-66)60-38-47-85-77(53-60)78-55-62(61-39-48-84-76(54-61)73-25-10-12-33-83(73)97(84)64-21-7-4-8-22-64)40-49-86(78)98(85)67-23-13-20-63(52-67)87-93-88(74-26-14-31-81-71(74)28-16-50-91-81)95-89(94-87)75-27-15-32-82-72(75)29-17-51-92-82/h3-50,52-56,87,89,92,94H,51H2,1-2H3,(H,93,95). The lowest BCUT2D eigenvalue weighted by molar-refractivity contribution is 0.409. The smallest absolute Gasteiger partial charge is 0.132 e. The van der Waals surface area contributed by atoms with Gasteiger partial charge >= 0.3 is 0 Å². The number of amidine groups is 1. The Morgan fingerprint density at radius 1 is 0.418 bits per heavy atom. The molecule has 1 aliphatic carbocycles. The summed E-state index contributed by atoms with van der Waals surface area (Å²) >= 11 is 0. The lowest BCUT2D eigenvalue weighted by atomic mass is 9.82. The highest BCUT2D eigenvalue weighted by molar-refractivity contribution is 6.14. The zero-order chi connectivity index (χ0) is 65.0. The van der Waals surface area contributed by atoms with Crippen LogP contribution in [0.4, 0.5) is 22.7 Å². The van der Waals surface area contributed by atoms with Gasteiger partial charge in [-0.05, 0) is 188 Å². The second-order valence-electron chi connectivity index (χ2n) is 26.6. The summed E-state index contributed by atoms with van der Waals surface area (Å²) in [5, 5.41) is 17.3. The zero-order valence-electron chi connectivity index (χ0n) is 54.2. The van der Waals surface area contributed by atoms with Crippen LogP contribution in [0.2, 0.25) is 0 Å². The van der Waals surface area contributed by atoms with E-state index in [1.165, 1.54) is 60.6 Å². The predicted molar refractivity (Wildman–Crippen MR) is 408 cm³/mol. The monoisotopic (exact) mass is 1260 g/mol. The van der Waals surface area contributed by atoms with Gasteiger partial charge in [-0.25, -0.2) is 4.99 Å². The average molecular weight is 1260 g/mol. The first-order valence-corrected chi connectivity index (χ1v) is 33.9. The van der Waals surface area contributed by atoms with Crippen molar-refractivity contribution in [1.82, 2.24) is 24.8 Å². The number of para-hydroxylation sites is 2. The van der Waals surface area contributed by atoms with Crippen molar-refractivity contribution >= 4 is 89.2 Å². The third-order valence-electron chi connectivity index (χ3n) is 20.7. The molecule has 3 N–H and O–H groups in total. The molecule has 0 saturated heterocycles. The molecule has 3 aliphatic rings. The number of benzene rings is 13. The fourth-order valence-corrected chi connectivity index (χ4v) is 15.9. The fraction of sp³-hybridized carbons (Fsp3) is 0.0667. The van der Waals surface area contributed by atoms with Gasteiger partial charge in [0.2, 0.25) is 0 Å². The van der Waals surface area contributed by atoms with E-state index in [2.05, 4.69) is 353 Å². The Balaban J connectivity index is 0.747. The Labute approximate surface area is 568 Å². The van der Waals surface area contributed by atoms with Crippen molar-refractivity contribution in [2.45, 2.75) is 31.6 Å². The second kappa shape index (κ2) is 22.9. The Bertz CT molecular complexity index is 5910. The number of nitrogens with one attached hydrogen (secondary N) is 3. The number of aliphatic imine (C=N–C) groups is 1. The van der Waals surface area contributed by atoms with E-state index in [0.717, 1.165) is 118 Å². The molecular formula is C90H66N8. The summed E-state index contributed by atoms with van der Waals surface area (Å²) in [7, 11) is 0. The molecule has 2 atom stereocenters. The summed E-state index contributed by atoms with van der Waals surface area (Å²) in [6.07, 6.45) is 5.60. The summed E-state index contributed by atoms with van der Waals surface area (Å²) in [5.74, 6) is 0.810. The zero-order valence-corrected chi connectivity index (χ0v) is 54.2. The minimum Gasteiger partial charge on any atom is -0.381 e. The van der Waals surface area contributed by atoms with E-state index in [4.69, 9.17) is 9.98 Å². The van der Waals surface area contributed by atoms with Crippen LogP contribution in [0.15, 0.2) is 321 Å². The Morgan fingerprint density at radius 2 is 0.980 bits per heavy atom. The normalized spacial score (nSPS) is 15.2. The third-order valence-corrected chi connectivity index (χ3v) is 20.7. The molecule has 0 saturated carbocycles. The molecule has 16 aromatic rings. The maximum atomic E-state index is 5.57. The van der Waals surface area contributed by atoms with Crippen molar-refractivity contribution < 1.29 is 0 Å². The highest BCUT2D eigenvalue weighted by Gasteiger charge is 2.36. The van der Waals surface area contributed by atoms with Crippen LogP contribution < -0.4 is 20.9 Å². The number of rotatable bonds is 11. The van der Waals surface area contributed by atoms with E-state index in [0.29, 0.717) is 0 Å². The molecule has 2 aliphatic heterocycles. The number of aromatic nitrogens is 3. The molecule has 0 bridgehead atoms. The first-order valence-electron chi connectivity index (χ1n) is 33.9.